The van der Waals surface area contributed by atoms with Crippen molar-refractivity contribution in [2.45, 2.75) is 6.54 Å². The van der Waals surface area contributed by atoms with E-state index in [0.29, 0.717) is 48.3 Å². The maximum atomic E-state index is 13.1. The van der Waals surface area contributed by atoms with Gasteiger partial charge in [-0.05, 0) is 41.8 Å². The summed E-state index contributed by atoms with van der Waals surface area (Å²) >= 11 is 7.72. The number of thiophene rings is 1. The van der Waals surface area contributed by atoms with Crippen LogP contribution in [0.15, 0.2) is 53.9 Å². The number of halogens is 1. The molecule has 30 heavy (non-hydrogen) atoms. The van der Waals surface area contributed by atoms with E-state index in [2.05, 4.69) is 0 Å². The highest BCUT2D eigenvalue weighted by Gasteiger charge is 2.21. The van der Waals surface area contributed by atoms with Gasteiger partial charge in [-0.15, -0.1) is 11.3 Å². The van der Waals surface area contributed by atoms with Crippen LogP contribution in [0, 0.1) is 11.3 Å². The lowest BCUT2D eigenvalue weighted by Crippen LogP contribution is -2.34. The Morgan fingerprint density at radius 3 is 2.73 bits per heavy atom. The summed E-state index contributed by atoms with van der Waals surface area (Å²) in [6.07, 6.45) is 0. The molecule has 2 aromatic carbocycles. The molecule has 0 N–H and O–H groups in total. The molecule has 0 aliphatic carbocycles. The van der Waals surface area contributed by atoms with Crippen LogP contribution < -0.4 is 19.1 Å². The molecule has 0 radical (unpaired) electrons. The molecule has 0 saturated carbocycles. The number of hydrogen-bond acceptors (Lipinski definition) is 6. The number of benzene rings is 2. The van der Waals surface area contributed by atoms with Crippen molar-refractivity contribution < 1.29 is 19.0 Å². The molecule has 8 heteroatoms. The quantitative estimate of drug-likeness (QED) is 0.557. The second-order valence-corrected chi connectivity index (χ2v) is 7.87. The van der Waals surface area contributed by atoms with Gasteiger partial charge in [0.2, 0.25) is 0 Å². The molecule has 0 fully saturated rings. The van der Waals surface area contributed by atoms with E-state index in [9.17, 15) is 4.79 Å². The standard InChI is InChI=1S/C22H17ClN2O4S/c23-18-10-15(12-24)3-5-19(18)29-14-22(26)25(13-17-2-1-9-30-17)16-4-6-20-21(11-16)28-8-7-27-20/h1-6,9-11H,7-8,13-14H2. The van der Waals surface area contributed by atoms with Gasteiger partial charge in [0.05, 0.1) is 23.2 Å². The summed E-state index contributed by atoms with van der Waals surface area (Å²) in [6.45, 7) is 1.17. The van der Waals surface area contributed by atoms with Gasteiger partial charge in [-0.2, -0.15) is 5.26 Å². The molecule has 2 heterocycles. The van der Waals surface area contributed by atoms with Crippen LogP contribution in [0.2, 0.25) is 5.02 Å². The summed E-state index contributed by atoms with van der Waals surface area (Å²) in [4.78, 5) is 15.8. The fourth-order valence-corrected chi connectivity index (χ4v) is 3.91. The highest BCUT2D eigenvalue weighted by molar-refractivity contribution is 7.09. The normalized spacial score (nSPS) is 12.1. The summed E-state index contributed by atoms with van der Waals surface area (Å²) in [5.41, 5.74) is 1.11. The third-order valence-corrected chi connectivity index (χ3v) is 5.60. The van der Waals surface area contributed by atoms with Crippen LogP contribution in [-0.2, 0) is 11.3 Å². The average molecular weight is 441 g/mol. The Bertz CT molecular complexity index is 1100. The van der Waals surface area contributed by atoms with Gasteiger partial charge in [0.1, 0.15) is 19.0 Å². The predicted octanol–water partition coefficient (Wildman–Crippen LogP) is 4.66. The van der Waals surface area contributed by atoms with Crippen molar-refractivity contribution in [2.75, 3.05) is 24.7 Å². The minimum Gasteiger partial charge on any atom is -0.486 e. The van der Waals surface area contributed by atoms with Crippen molar-refractivity contribution in [1.29, 1.82) is 5.26 Å². The van der Waals surface area contributed by atoms with E-state index >= 15 is 0 Å². The maximum absolute atomic E-state index is 13.1. The minimum absolute atomic E-state index is 0.203. The van der Waals surface area contributed by atoms with Gasteiger partial charge in [-0.25, -0.2) is 0 Å². The number of hydrogen-bond donors (Lipinski definition) is 0. The van der Waals surface area contributed by atoms with Crippen LogP contribution in [0.5, 0.6) is 17.2 Å². The Labute approximate surface area is 182 Å². The summed E-state index contributed by atoms with van der Waals surface area (Å²) in [6, 6.07) is 16.0. The highest BCUT2D eigenvalue weighted by atomic mass is 35.5. The number of carbonyl (C=O) groups is 1. The Kier molecular flexibility index (Phi) is 6.07. The number of carbonyl (C=O) groups excluding carboxylic acids is 1. The minimum atomic E-state index is -0.236. The molecule has 6 nitrogen and oxygen atoms in total. The highest BCUT2D eigenvalue weighted by Crippen LogP contribution is 2.35. The summed E-state index contributed by atoms with van der Waals surface area (Å²) in [5, 5.41) is 11.2. The van der Waals surface area contributed by atoms with Crippen molar-refractivity contribution >= 4 is 34.5 Å². The fourth-order valence-electron chi connectivity index (χ4n) is 2.99. The first kappa shape index (κ1) is 20.1. The number of fused-ring (bicyclic) bond motifs is 1. The number of nitriles is 1. The summed E-state index contributed by atoms with van der Waals surface area (Å²) in [5.74, 6) is 1.38. The van der Waals surface area contributed by atoms with Gasteiger partial charge in [0.15, 0.2) is 18.1 Å². The molecular formula is C22H17ClN2O4S. The van der Waals surface area contributed by atoms with Crippen molar-refractivity contribution in [2.24, 2.45) is 0 Å². The van der Waals surface area contributed by atoms with Gasteiger partial charge >= 0.3 is 0 Å². The van der Waals surface area contributed by atoms with Gasteiger partial charge in [0, 0.05) is 16.6 Å². The first-order chi connectivity index (χ1) is 14.6. The first-order valence-corrected chi connectivity index (χ1v) is 10.4. The topological polar surface area (TPSA) is 71.8 Å². The lowest BCUT2D eigenvalue weighted by atomic mass is 10.2. The largest absolute Gasteiger partial charge is 0.486 e. The van der Waals surface area contributed by atoms with E-state index in [-0.39, 0.29) is 17.5 Å². The first-order valence-electron chi connectivity index (χ1n) is 9.19. The lowest BCUT2D eigenvalue weighted by Gasteiger charge is -2.25. The zero-order valence-corrected chi connectivity index (χ0v) is 17.4. The smallest absolute Gasteiger partial charge is 0.265 e. The molecular weight excluding hydrogens is 424 g/mol. The number of ether oxygens (including phenoxy) is 3. The van der Waals surface area contributed by atoms with E-state index in [0.717, 1.165) is 4.88 Å². The molecule has 4 rings (SSSR count). The second-order valence-electron chi connectivity index (χ2n) is 6.43. The van der Waals surface area contributed by atoms with E-state index in [1.165, 1.54) is 6.07 Å². The van der Waals surface area contributed by atoms with E-state index in [4.69, 9.17) is 31.1 Å². The zero-order chi connectivity index (χ0) is 20.9. The molecule has 152 valence electrons. The SMILES string of the molecule is N#Cc1ccc(OCC(=O)N(Cc2cccs2)c2ccc3c(c2)OCCO3)c(Cl)c1. The van der Waals surface area contributed by atoms with Crippen LogP contribution in [0.4, 0.5) is 5.69 Å². The Hall–Kier alpha value is -3.21. The Balaban J connectivity index is 1.55. The number of amides is 1. The third-order valence-electron chi connectivity index (χ3n) is 4.44. The van der Waals surface area contributed by atoms with Crippen LogP contribution in [0.1, 0.15) is 10.4 Å². The van der Waals surface area contributed by atoms with Crippen molar-refractivity contribution in [3.05, 3.63) is 69.4 Å². The molecule has 0 spiro atoms. The number of anilines is 1. The molecule has 0 saturated heterocycles. The Morgan fingerprint density at radius 1 is 1.17 bits per heavy atom. The molecule has 0 atom stereocenters. The monoisotopic (exact) mass is 440 g/mol. The van der Waals surface area contributed by atoms with E-state index < -0.39 is 0 Å². The van der Waals surface area contributed by atoms with Crippen LogP contribution in [0.3, 0.4) is 0 Å². The summed E-state index contributed by atoms with van der Waals surface area (Å²) < 4.78 is 16.9. The average Bonchev–Trinajstić information content (AvgIpc) is 3.29. The van der Waals surface area contributed by atoms with Crippen LogP contribution in [0.25, 0.3) is 0 Å². The van der Waals surface area contributed by atoms with E-state index in [1.54, 1.807) is 40.5 Å². The van der Waals surface area contributed by atoms with Gasteiger partial charge in [0.25, 0.3) is 5.91 Å². The molecule has 0 unspecified atom stereocenters. The molecule has 0 bridgehead atoms. The molecule has 1 aliphatic heterocycles. The molecule has 1 aliphatic rings. The van der Waals surface area contributed by atoms with Crippen molar-refractivity contribution in [3.8, 4) is 23.3 Å². The molecule has 1 aromatic heterocycles. The fraction of sp³-hybridized carbons (Fsp3) is 0.182. The number of rotatable bonds is 6. The molecule has 1 amide bonds. The van der Waals surface area contributed by atoms with Gasteiger partial charge < -0.3 is 19.1 Å². The second kappa shape index (κ2) is 9.08. The Morgan fingerprint density at radius 2 is 2.00 bits per heavy atom. The van der Waals surface area contributed by atoms with Crippen LogP contribution in [-0.4, -0.2) is 25.7 Å². The van der Waals surface area contributed by atoms with Crippen molar-refractivity contribution in [1.82, 2.24) is 0 Å². The maximum Gasteiger partial charge on any atom is 0.265 e. The van der Waals surface area contributed by atoms with Gasteiger partial charge in [-0.1, -0.05) is 17.7 Å². The predicted molar refractivity (Wildman–Crippen MR) is 115 cm³/mol. The third kappa shape index (κ3) is 4.51. The van der Waals surface area contributed by atoms with Gasteiger partial charge in [-0.3, -0.25) is 4.79 Å². The van der Waals surface area contributed by atoms with E-state index in [1.807, 2.05) is 29.6 Å². The van der Waals surface area contributed by atoms with Crippen molar-refractivity contribution in [3.63, 3.8) is 0 Å². The number of nitrogens with zero attached hydrogens (tertiary/aromatic N) is 2. The van der Waals surface area contributed by atoms with Crippen LogP contribution >= 0.6 is 22.9 Å². The lowest BCUT2D eigenvalue weighted by molar-refractivity contribution is -0.120. The molecule has 3 aromatic rings. The summed E-state index contributed by atoms with van der Waals surface area (Å²) in [7, 11) is 0. The zero-order valence-electron chi connectivity index (χ0n) is 15.8.